The van der Waals surface area contributed by atoms with E-state index in [1.165, 1.54) is 38.8 Å². The molecule has 3 aromatic rings. The van der Waals surface area contributed by atoms with Gasteiger partial charge in [-0.05, 0) is 51.3 Å². The first-order chi connectivity index (χ1) is 13.1. The third-order valence-corrected chi connectivity index (χ3v) is 6.34. The first kappa shape index (κ1) is 20.6. The van der Waals surface area contributed by atoms with Crippen LogP contribution in [0.15, 0.2) is 33.5 Å². The second-order valence-electron chi connectivity index (χ2n) is 7.97. The van der Waals surface area contributed by atoms with Crippen molar-refractivity contribution in [2.75, 3.05) is 5.75 Å². The van der Waals surface area contributed by atoms with Crippen molar-refractivity contribution in [3.05, 3.63) is 45.1 Å². The van der Waals surface area contributed by atoms with Crippen molar-refractivity contribution in [2.24, 2.45) is 7.05 Å². The van der Waals surface area contributed by atoms with Gasteiger partial charge in [-0.3, -0.25) is 14.2 Å². The molecule has 0 aliphatic rings. The number of nitrogens with zero attached hydrogens (tertiary/aromatic N) is 2. The van der Waals surface area contributed by atoms with E-state index in [0.29, 0.717) is 15.4 Å². The molecule has 0 saturated carbocycles. The number of aromatic nitrogens is 2. The monoisotopic (exact) mass is 415 g/mol. The number of thioether (sulfide) groups is 1. The Balaban J connectivity index is 1.95. The number of hydrogen-bond acceptors (Lipinski definition) is 5. The molecule has 0 saturated heterocycles. The second-order valence-corrected chi connectivity index (χ2v) is 9.77. The van der Waals surface area contributed by atoms with Crippen molar-refractivity contribution in [3.8, 4) is 11.1 Å². The quantitative estimate of drug-likeness (QED) is 0.510. The fourth-order valence-electron chi connectivity index (χ4n) is 2.89. The number of hydrogen-bond donors (Lipinski definition) is 1. The molecule has 2 heterocycles. The van der Waals surface area contributed by atoms with Gasteiger partial charge < -0.3 is 5.32 Å². The van der Waals surface area contributed by atoms with Gasteiger partial charge in [-0.25, -0.2) is 4.98 Å². The van der Waals surface area contributed by atoms with E-state index in [1.807, 2.05) is 32.2 Å². The number of carbonyl (C=O) groups is 1. The summed E-state index contributed by atoms with van der Waals surface area (Å²) in [5.74, 6) is 0.146. The van der Waals surface area contributed by atoms with E-state index in [-0.39, 0.29) is 22.8 Å². The van der Waals surface area contributed by atoms with Gasteiger partial charge in [0.25, 0.3) is 5.56 Å². The Morgan fingerprint density at radius 1 is 1.25 bits per heavy atom. The molecule has 0 bridgehead atoms. The summed E-state index contributed by atoms with van der Waals surface area (Å²) in [7, 11) is 1.71. The molecule has 0 aliphatic carbocycles. The fourth-order valence-corrected chi connectivity index (χ4v) is 4.65. The van der Waals surface area contributed by atoms with Crippen molar-refractivity contribution in [3.63, 3.8) is 0 Å². The van der Waals surface area contributed by atoms with Crippen LogP contribution in [0.1, 0.15) is 31.9 Å². The van der Waals surface area contributed by atoms with Crippen molar-refractivity contribution in [2.45, 2.75) is 45.3 Å². The highest BCUT2D eigenvalue weighted by Gasteiger charge is 2.18. The van der Waals surface area contributed by atoms with Crippen LogP contribution in [0.4, 0.5) is 0 Å². The Morgan fingerprint density at radius 2 is 1.96 bits per heavy atom. The number of benzene rings is 1. The van der Waals surface area contributed by atoms with E-state index >= 15 is 0 Å². The third-order valence-electron chi connectivity index (χ3n) is 4.44. The predicted molar refractivity (Wildman–Crippen MR) is 118 cm³/mol. The Kier molecular flexibility index (Phi) is 5.68. The van der Waals surface area contributed by atoms with Crippen molar-refractivity contribution in [1.29, 1.82) is 0 Å². The van der Waals surface area contributed by atoms with Crippen LogP contribution in [0, 0.1) is 13.8 Å². The Bertz CT molecular complexity index is 1110. The van der Waals surface area contributed by atoms with Gasteiger partial charge in [0, 0.05) is 23.5 Å². The molecule has 1 N–H and O–H groups in total. The van der Waals surface area contributed by atoms with E-state index in [4.69, 9.17) is 0 Å². The molecule has 0 aliphatic heterocycles. The summed E-state index contributed by atoms with van der Waals surface area (Å²) in [6.45, 7) is 9.96. The van der Waals surface area contributed by atoms with Gasteiger partial charge in [-0.1, -0.05) is 30.0 Å². The highest BCUT2D eigenvalue weighted by Crippen LogP contribution is 2.32. The molecular formula is C21H25N3O2S2. The summed E-state index contributed by atoms with van der Waals surface area (Å²) in [5.41, 5.74) is 3.99. The van der Waals surface area contributed by atoms with Gasteiger partial charge in [0.05, 0.1) is 11.1 Å². The molecule has 148 valence electrons. The number of nitrogens with one attached hydrogen (secondary N) is 1. The molecular weight excluding hydrogens is 390 g/mol. The molecule has 3 rings (SSSR count). The molecule has 1 amide bonds. The van der Waals surface area contributed by atoms with Gasteiger partial charge in [-0.2, -0.15) is 0 Å². The molecule has 5 nitrogen and oxygen atoms in total. The lowest BCUT2D eigenvalue weighted by molar-refractivity contribution is -0.119. The van der Waals surface area contributed by atoms with Crippen LogP contribution in [0.5, 0.6) is 0 Å². The van der Waals surface area contributed by atoms with Gasteiger partial charge in [0.15, 0.2) is 5.16 Å². The molecule has 0 fully saturated rings. The van der Waals surface area contributed by atoms with Crippen LogP contribution in [0.25, 0.3) is 21.3 Å². The van der Waals surface area contributed by atoms with E-state index in [2.05, 4.69) is 36.3 Å². The minimum absolute atomic E-state index is 0.0751. The first-order valence-corrected chi connectivity index (χ1v) is 10.9. The average Bonchev–Trinajstić information content (AvgIpc) is 3.01. The maximum Gasteiger partial charge on any atom is 0.263 e. The number of fused-ring (bicyclic) bond motifs is 1. The summed E-state index contributed by atoms with van der Waals surface area (Å²) in [5, 5.41) is 6.10. The van der Waals surface area contributed by atoms with Crippen LogP contribution in [-0.2, 0) is 11.8 Å². The lowest BCUT2D eigenvalue weighted by Crippen LogP contribution is -2.41. The maximum atomic E-state index is 13.0. The van der Waals surface area contributed by atoms with Crippen molar-refractivity contribution >= 4 is 39.2 Å². The van der Waals surface area contributed by atoms with Gasteiger partial charge in [0.1, 0.15) is 4.83 Å². The van der Waals surface area contributed by atoms with Gasteiger partial charge >= 0.3 is 0 Å². The van der Waals surface area contributed by atoms with E-state index < -0.39 is 0 Å². The number of rotatable bonds is 4. The zero-order valence-electron chi connectivity index (χ0n) is 17.0. The van der Waals surface area contributed by atoms with E-state index in [9.17, 15) is 9.59 Å². The Morgan fingerprint density at radius 3 is 2.61 bits per heavy atom. The topological polar surface area (TPSA) is 64.0 Å². The van der Waals surface area contributed by atoms with Crippen LogP contribution in [-0.4, -0.2) is 26.8 Å². The summed E-state index contributed by atoms with van der Waals surface area (Å²) in [4.78, 5) is 30.5. The molecule has 1 aromatic carbocycles. The fraction of sp³-hybridized carbons (Fsp3) is 0.381. The highest BCUT2D eigenvalue weighted by atomic mass is 32.2. The summed E-state index contributed by atoms with van der Waals surface area (Å²) >= 11 is 2.74. The molecule has 0 atom stereocenters. The van der Waals surface area contributed by atoms with Gasteiger partial charge in [-0.15, -0.1) is 11.3 Å². The molecule has 7 heteroatoms. The first-order valence-electron chi connectivity index (χ1n) is 9.06. The lowest BCUT2D eigenvalue weighted by Gasteiger charge is -2.20. The SMILES string of the molecule is Cc1ccc(-c2csc3nc(SCC(=O)NC(C)(C)C)n(C)c(=O)c23)cc1C. The van der Waals surface area contributed by atoms with Crippen LogP contribution < -0.4 is 10.9 Å². The number of thiophene rings is 1. The number of carbonyl (C=O) groups excluding carboxylic acids is 1. The zero-order valence-corrected chi connectivity index (χ0v) is 18.7. The zero-order chi connectivity index (χ0) is 20.6. The number of aryl methyl sites for hydroxylation is 2. The van der Waals surface area contributed by atoms with Crippen LogP contribution >= 0.6 is 23.1 Å². The van der Waals surface area contributed by atoms with Crippen LogP contribution in [0.2, 0.25) is 0 Å². The second kappa shape index (κ2) is 7.72. The summed E-state index contributed by atoms with van der Waals surface area (Å²) in [6.07, 6.45) is 0. The standard InChI is InChI=1S/C21H25N3O2S2/c1-12-7-8-14(9-13(12)2)15-10-27-18-17(15)19(26)24(6)20(22-18)28-11-16(25)23-21(3,4)5/h7-10H,11H2,1-6H3,(H,23,25). The average molecular weight is 416 g/mol. The molecule has 0 radical (unpaired) electrons. The van der Waals surface area contributed by atoms with E-state index in [1.54, 1.807) is 7.05 Å². The Labute approximate surface area is 173 Å². The molecule has 0 unspecified atom stereocenters. The maximum absolute atomic E-state index is 13.0. The smallest absolute Gasteiger partial charge is 0.263 e. The van der Waals surface area contributed by atoms with Gasteiger partial charge in [0.2, 0.25) is 5.91 Å². The minimum Gasteiger partial charge on any atom is -0.351 e. The van der Waals surface area contributed by atoms with Crippen molar-refractivity contribution in [1.82, 2.24) is 14.9 Å². The Hall–Kier alpha value is -2.12. The van der Waals surface area contributed by atoms with Crippen LogP contribution in [0.3, 0.4) is 0 Å². The predicted octanol–water partition coefficient (Wildman–Crippen LogP) is 4.29. The largest absolute Gasteiger partial charge is 0.351 e. The third kappa shape index (κ3) is 4.31. The number of amides is 1. The summed E-state index contributed by atoms with van der Waals surface area (Å²) < 4.78 is 1.54. The molecule has 2 aromatic heterocycles. The lowest BCUT2D eigenvalue weighted by atomic mass is 10.0. The normalized spacial score (nSPS) is 11.8. The van der Waals surface area contributed by atoms with E-state index in [0.717, 1.165) is 11.1 Å². The molecule has 0 spiro atoms. The minimum atomic E-state index is -0.282. The van der Waals surface area contributed by atoms with Crippen molar-refractivity contribution < 1.29 is 4.79 Å². The molecule has 28 heavy (non-hydrogen) atoms. The summed E-state index contributed by atoms with van der Waals surface area (Å²) in [6, 6.07) is 6.22. The highest BCUT2D eigenvalue weighted by molar-refractivity contribution is 7.99.